The average molecular weight is 349 g/mol. The van der Waals surface area contributed by atoms with E-state index in [9.17, 15) is 4.79 Å². The number of carbonyl (C=O) groups is 1. The van der Waals surface area contributed by atoms with E-state index < -0.39 is 5.97 Å². The number of carboxylic acids is 1. The SMILES string of the molecule is O=C(O)c1cn(-c2ccc(I)cc2Cl)cn1. The van der Waals surface area contributed by atoms with E-state index in [1.165, 1.54) is 12.5 Å². The molecule has 0 atom stereocenters. The molecule has 0 bridgehead atoms. The van der Waals surface area contributed by atoms with Crippen molar-refractivity contribution in [1.29, 1.82) is 0 Å². The van der Waals surface area contributed by atoms with E-state index >= 15 is 0 Å². The number of aromatic carboxylic acids is 1. The normalized spacial score (nSPS) is 10.4. The smallest absolute Gasteiger partial charge is 0.356 e. The standard InChI is InChI=1S/C10H6ClIN2O2/c11-7-3-6(12)1-2-9(7)14-4-8(10(15)16)13-5-14/h1-5H,(H,15,16). The Morgan fingerprint density at radius 2 is 2.25 bits per heavy atom. The van der Waals surface area contributed by atoms with Gasteiger partial charge in [-0.3, -0.25) is 0 Å². The van der Waals surface area contributed by atoms with E-state index in [0.717, 1.165) is 3.57 Å². The molecule has 0 aliphatic rings. The Labute approximate surface area is 110 Å². The van der Waals surface area contributed by atoms with Crippen LogP contribution >= 0.6 is 34.2 Å². The Bertz CT molecular complexity index is 554. The molecule has 0 saturated heterocycles. The Kier molecular flexibility index (Phi) is 3.15. The van der Waals surface area contributed by atoms with Crippen molar-refractivity contribution in [1.82, 2.24) is 9.55 Å². The quantitative estimate of drug-likeness (QED) is 0.849. The third-order valence-corrected chi connectivity index (χ3v) is 2.96. The Morgan fingerprint density at radius 1 is 1.50 bits per heavy atom. The first-order valence-corrected chi connectivity index (χ1v) is 5.76. The van der Waals surface area contributed by atoms with Crippen LogP contribution in [0.3, 0.4) is 0 Å². The molecule has 0 amide bonds. The third-order valence-electron chi connectivity index (χ3n) is 1.99. The average Bonchev–Trinajstić information content (AvgIpc) is 2.66. The molecule has 4 nitrogen and oxygen atoms in total. The number of aromatic nitrogens is 2. The highest BCUT2D eigenvalue weighted by Crippen LogP contribution is 2.22. The van der Waals surface area contributed by atoms with Gasteiger partial charge in [-0.05, 0) is 40.8 Å². The van der Waals surface area contributed by atoms with Crippen LogP contribution in [0.5, 0.6) is 0 Å². The molecule has 0 fully saturated rings. The highest BCUT2D eigenvalue weighted by atomic mass is 127. The molecule has 16 heavy (non-hydrogen) atoms. The van der Waals surface area contributed by atoms with Crippen LogP contribution in [0.2, 0.25) is 5.02 Å². The molecule has 0 spiro atoms. The molecule has 1 aromatic heterocycles. The minimum Gasteiger partial charge on any atom is -0.476 e. The lowest BCUT2D eigenvalue weighted by Crippen LogP contribution is -1.96. The van der Waals surface area contributed by atoms with Crippen LogP contribution in [0.25, 0.3) is 5.69 Å². The van der Waals surface area contributed by atoms with Crippen LogP contribution < -0.4 is 0 Å². The Hall–Kier alpha value is -1.08. The van der Waals surface area contributed by atoms with Gasteiger partial charge in [0.2, 0.25) is 0 Å². The van der Waals surface area contributed by atoms with E-state index in [0.29, 0.717) is 10.7 Å². The van der Waals surface area contributed by atoms with Gasteiger partial charge in [-0.25, -0.2) is 9.78 Å². The lowest BCUT2D eigenvalue weighted by molar-refractivity contribution is 0.0691. The van der Waals surface area contributed by atoms with Gasteiger partial charge in [0.25, 0.3) is 0 Å². The second-order valence-electron chi connectivity index (χ2n) is 3.07. The highest BCUT2D eigenvalue weighted by molar-refractivity contribution is 14.1. The molecule has 0 saturated carbocycles. The summed E-state index contributed by atoms with van der Waals surface area (Å²) in [5.74, 6) is -1.06. The summed E-state index contributed by atoms with van der Waals surface area (Å²) in [7, 11) is 0. The minimum absolute atomic E-state index is 0.00498. The van der Waals surface area contributed by atoms with Crippen molar-refractivity contribution in [3.63, 3.8) is 0 Å². The maximum Gasteiger partial charge on any atom is 0.356 e. The molecule has 82 valence electrons. The lowest BCUT2D eigenvalue weighted by Gasteiger charge is -2.04. The van der Waals surface area contributed by atoms with Crippen molar-refractivity contribution < 1.29 is 9.90 Å². The zero-order chi connectivity index (χ0) is 11.7. The first-order valence-electron chi connectivity index (χ1n) is 4.30. The molecule has 2 rings (SSSR count). The number of carboxylic acid groups (broad SMARTS) is 1. The van der Waals surface area contributed by atoms with Crippen LogP contribution in [0, 0.1) is 3.57 Å². The molecular weight excluding hydrogens is 342 g/mol. The summed E-state index contributed by atoms with van der Waals surface area (Å²) in [5.41, 5.74) is 0.705. The molecule has 1 heterocycles. The van der Waals surface area contributed by atoms with Gasteiger partial charge in [-0.1, -0.05) is 11.6 Å². The molecular formula is C10H6ClIN2O2. The molecule has 1 N–H and O–H groups in total. The van der Waals surface area contributed by atoms with Crippen molar-refractivity contribution >= 4 is 40.2 Å². The fourth-order valence-corrected chi connectivity index (χ4v) is 2.21. The summed E-state index contributed by atoms with van der Waals surface area (Å²) in [6.45, 7) is 0. The van der Waals surface area contributed by atoms with Gasteiger partial charge in [0.15, 0.2) is 5.69 Å². The highest BCUT2D eigenvalue weighted by Gasteiger charge is 2.09. The van der Waals surface area contributed by atoms with Crippen molar-refractivity contribution in [3.8, 4) is 5.69 Å². The van der Waals surface area contributed by atoms with Gasteiger partial charge in [0.1, 0.15) is 6.33 Å². The van der Waals surface area contributed by atoms with Gasteiger partial charge in [-0.15, -0.1) is 0 Å². The summed E-state index contributed by atoms with van der Waals surface area (Å²) < 4.78 is 2.60. The van der Waals surface area contributed by atoms with Gasteiger partial charge >= 0.3 is 5.97 Å². The summed E-state index contributed by atoms with van der Waals surface area (Å²) in [6, 6.07) is 5.51. The number of rotatable bonds is 2. The van der Waals surface area contributed by atoms with Gasteiger partial charge in [0.05, 0.1) is 10.7 Å². The number of hydrogen-bond donors (Lipinski definition) is 1. The summed E-state index contributed by atoms with van der Waals surface area (Å²) in [6.07, 6.45) is 2.86. The zero-order valence-corrected chi connectivity index (χ0v) is 10.8. The van der Waals surface area contributed by atoms with Gasteiger partial charge < -0.3 is 9.67 Å². The fourth-order valence-electron chi connectivity index (χ4n) is 1.26. The van der Waals surface area contributed by atoms with Crippen molar-refractivity contribution in [2.45, 2.75) is 0 Å². The number of benzene rings is 1. The van der Waals surface area contributed by atoms with E-state index in [4.69, 9.17) is 16.7 Å². The van der Waals surface area contributed by atoms with Crippen molar-refractivity contribution in [2.24, 2.45) is 0 Å². The van der Waals surface area contributed by atoms with Gasteiger partial charge in [0, 0.05) is 9.77 Å². The molecule has 1 aromatic carbocycles. The Morgan fingerprint density at radius 3 is 2.81 bits per heavy atom. The maximum absolute atomic E-state index is 10.7. The van der Waals surface area contributed by atoms with Gasteiger partial charge in [-0.2, -0.15) is 0 Å². The Balaban J connectivity index is 2.46. The predicted molar refractivity (Wildman–Crippen MR) is 68.3 cm³/mol. The summed E-state index contributed by atoms with van der Waals surface area (Å²) in [5, 5.41) is 9.31. The van der Waals surface area contributed by atoms with E-state index in [2.05, 4.69) is 27.6 Å². The molecule has 0 aliphatic carbocycles. The van der Waals surface area contributed by atoms with E-state index in [1.807, 2.05) is 12.1 Å². The molecule has 6 heteroatoms. The van der Waals surface area contributed by atoms with E-state index in [1.54, 1.807) is 10.6 Å². The first-order chi connectivity index (χ1) is 7.58. The molecule has 2 aromatic rings. The van der Waals surface area contributed by atoms with Crippen LogP contribution in [0.4, 0.5) is 0 Å². The maximum atomic E-state index is 10.7. The third kappa shape index (κ3) is 2.19. The van der Waals surface area contributed by atoms with E-state index in [-0.39, 0.29) is 5.69 Å². The predicted octanol–water partition coefficient (Wildman–Crippen LogP) is 2.83. The van der Waals surface area contributed by atoms with Crippen LogP contribution in [-0.4, -0.2) is 20.6 Å². The zero-order valence-electron chi connectivity index (χ0n) is 7.89. The topological polar surface area (TPSA) is 55.1 Å². The minimum atomic E-state index is -1.06. The largest absolute Gasteiger partial charge is 0.476 e. The second kappa shape index (κ2) is 4.42. The second-order valence-corrected chi connectivity index (χ2v) is 4.72. The molecule has 0 aliphatic heterocycles. The van der Waals surface area contributed by atoms with Crippen LogP contribution in [-0.2, 0) is 0 Å². The fraction of sp³-hybridized carbons (Fsp3) is 0. The number of nitrogens with zero attached hydrogens (tertiary/aromatic N) is 2. The number of hydrogen-bond acceptors (Lipinski definition) is 2. The van der Waals surface area contributed by atoms with Crippen LogP contribution in [0.15, 0.2) is 30.7 Å². The molecule has 0 unspecified atom stereocenters. The summed E-state index contributed by atoms with van der Waals surface area (Å²) in [4.78, 5) is 14.4. The monoisotopic (exact) mass is 348 g/mol. The number of imidazole rings is 1. The van der Waals surface area contributed by atoms with Crippen molar-refractivity contribution in [2.75, 3.05) is 0 Å². The summed E-state index contributed by atoms with van der Waals surface area (Å²) >= 11 is 8.21. The van der Waals surface area contributed by atoms with Crippen molar-refractivity contribution in [3.05, 3.63) is 45.0 Å². The van der Waals surface area contributed by atoms with Crippen LogP contribution in [0.1, 0.15) is 10.5 Å². The lowest BCUT2D eigenvalue weighted by atomic mass is 10.3. The first kappa shape index (κ1) is 11.4. The number of halogens is 2. The molecule has 0 radical (unpaired) electrons.